The quantitative estimate of drug-likeness (QED) is 0.147. The first-order chi connectivity index (χ1) is 23.2. The lowest BCUT2D eigenvalue weighted by Gasteiger charge is -2.30. The number of anilines is 3. The highest BCUT2D eigenvalue weighted by Gasteiger charge is 2.39. The van der Waals surface area contributed by atoms with Crippen molar-refractivity contribution >= 4 is 34.8 Å². The van der Waals surface area contributed by atoms with E-state index in [1.807, 2.05) is 130 Å². The maximum Gasteiger partial charge on any atom is 0.251 e. The first kappa shape index (κ1) is 34.2. The highest BCUT2D eigenvalue weighted by atomic mass is 16.5. The predicted molar refractivity (Wildman–Crippen MR) is 191 cm³/mol. The molecule has 0 radical (unpaired) electrons. The van der Waals surface area contributed by atoms with Crippen LogP contribution in [-0.2, 0) is 20.9 Å². The van der Waals surface area contributed by atoms with Crippen LogP contribution in [0.3, 0.4) is 0 Å². The van der Waals surface area contributed by atoms with Gasteiger partial charge in [-0.15, -0.1) is 0 Å². The number of nitrogens with zero attached hydrogens (tertiary/aromatic N) is 2. The smallest absolute Gasteiger partial charge is 0.251 e. The fourth-order valence-corrected chi connectivity index (χ4v) is 6.43. The lowest BCUT2D eigenvalue weighted by atomic mass is 9.81. The van der Waals surface area contributed by atoms with Gasteiger partial charge in [-0.05, 0) is 72.9 Å². The first-order valence-electron chi connectivity index (χ1n) is 16.9. The van der Waals surface area contributed by atoms with Gasteiger partial charge in [0.15, 0.2) is 0 Å². The van der Waals surface area contributed by atoms with E-state index in [-0.39, 0.29) is 30.8 Å². The van der Waals surface area contributed by atoms with Gasteiger partial charge in [0, 0.05) is 17.5 Å². The molecule has 4 aromatic rings. The topological polar surface area (TPSA) is 105 Å². The Morgan fingerprint density at radius 3 is 2.17 bits per heavy atom. The molecule has 1 unspecified atom stereocenters. The minimum absolute atomic E-state index is 0.154. The minimum atomic E-state index is -0.900. The van der Waals surface area contributed by atoms with E-state index in [0.29, 0.717) is 18.6 Å². The summed E-state index contributed by atoms with van der Waals surface area (Å²) in [4.78, 5) is 45.4. The number of fused-ring (bicyclic) bond motifs is 1. The molecule has 0 spiro atoms. The van der Waals surface area contributed by atoms with E-state index < -0.39 is 23.8 Å². The van der Waals surface area contributed by atoms with Crippen LogP contribution >= 0.6 is 0 Å². The lowest BCUT2D eigenvalue weighted by molar-refractivity contribution is -0.136. The molecule has 3 amide bonds. The number of nitrogens with one attached hydrogen (secondary N) is 1. The molecule has 4 aromatic carbocycles. The number of primary amides is 1. The van der Waals surface area contributed by atoms with Gasteiger partial charge < -0.3 is 25.6 Å². The number of carbonyl (C=O) groups excluding carboxylic acids is 3. The fourth-order valence-electron chi connectivity index (χ4n) is 6.43. The van der Waals surface area contributed by atoms with Gasteiger partial charge >= 0.3 is 0 Å². The monoisotopic (exact) mass is 646 g/mol. The van der Waals surface area contributed by atoms with Gasteiger partial charge in [0.05, 0.1) is 24.5 Å². The van der Waals surface area contributed by atoms with Crippen molar-refractivity contribution in [1.82, 2.24) is 5.32 Å². The van der Waals surface area contributed by atoms with Crippen molar-refractivity contribution in [2.75, 3.05) is 16.3 Å². The molecule has 1 heterocycles. The maximum absolute atomic E-state index is 14.7. The Kier molecular flexibility index (Phi) is 11.5. The molecule has 3 N–H and O–H groups in total. The Bertz CT molecular complexity index is 1680. The van der Waals surface area contributed by atoms with Crippen molar-refractivity contribution < 1.29 is 19.1 Å². The van der Waals surface area contributed by atoms with Gasteiger partial charge in [0.1, 0.15) is 17.5 Å². The van der Waals surface area contributed by atoms with Crippen molar-refractivity contribution in [3.63, 3.8) is 0 Å². The second-order valence-electron chi connectivity index (χ2n) is 12.9. The fraction of sp³-hybridized carbons (Fsp3) is 0.325. The van der Waals surface area contributed by atoms with Crippen LogP contribution in [0.2, 0.25) is 0 Å². The molecule has 0 fully saturated rings. The van der Waals surface area contributed by atoms with E-state index in [4.69, 9.17) is 10.5 Å². The molecule has 8 heteroatoms. The molecule has 1 aliphatic rings. The molecular formula is C40H46N4O4. The average Bonchev–Trinajstić information content (AvgIpc) is 3.19. The number of unbranched alkanes of at least 4 members (excludes halogenated alkanes) is 1. The molecule has 5 rings (SSSR count). The zero-order valence-electron chi connectivity index (χ0n) is 28.0. The van der Waals surface area contributed by atoms with E-state index in [9.17, 15) is 14.4 Å². The lowest BCUT2D eigenvalue weighted by Crippen LogP contribution is -2.54. The zero-order chi connectivity index (χ0) is 34.0. The van der Waals surface area contributed by atoms with Gasteiger partial charge in [-0.25, -0.2) is 0 Å². The van der Waals surface area contributed by atoms with Crippen molar-refractivity contribution in [1.29, 1.82) is 0 Å². The third-order valence-corrected chi connectivity index (χ3v) is 8.78. The van der Waals surface area contributed by atoms with E-state index in [2.05, 4.69) is 10.2 Å². The molecule has 3 atom stereocenters. The zero-order valence-corrected chi connectivity index (χ0v) is 28.0. The summed E-state index contributed by atoms with van der Waals surface area (Å²) in [6, 6.07) is 34.0. The number of hydrogen-bond acceptors (Lipinski definition) is 5. The Morgan fingerprint density at radius 1 is 0.854 bits per heavy atom. The number of para-hydroxylation sites is 4. The standard InChI is InChI=1S/C40H46N4O4/c1-4-5-21-33(38(41)45)34(24-28(2)3)39(46)42-35-27-43(30-16-8-6-9-17-30)36-22-12-13-23-37(36)44(40(35)47)26-29-15-14-20-32(25-29)48-31-18-10-7-11-19-31/h6-20,22-23,25,28,33-35H,4-5,21,24,26-27H2,1-3H3,(H2,41,45)(H,42,46)/t33-,34+,35?/m0/s1. The van der Waals surface area contributed by atoms with Crippen LogP contribution in [0.15, 0.2) is 109 Å². The van der Waals surface area contributed by atoms with Crippen LogP contribution < -0.4 is 25.6 Å². The minimum Gasteiger partial charge on any atom is -0.457 e. The summed E-state index contributed by atoms with van der Waals surface area (Å²) in [5, 5.41) is 3.12. The summed E-state index contributed by atoms with van der Waals surface area (Å²) in [5.41, 5.74) is 9.24. The highest BCUT2D eigenvalue weighted by molar-refractivity contribution is 6.04. The summed E-state index contributed by atoms with van der Waals surface area (Å²) in [6.45, 7) is 6.57. The van der Waals surface area contributed by atoms with Crippen LogP contribution in [0.1, 0.15) is 52.0 Å². The van der Waals surface area contributed by atoms with E-state index in [0.717, 1.165) is 41.2 Å². The first-order valence-corrected chi connectivity index (χ1v) is 16.9. The van der Waals surface area contributed by atoms with Crippen molar-refractivity contribution in [3.05, 3.63) is 115 Å². The number of carbonyl (C=O) groups is 3. The highest BCUT2D eigenvalue weighted by Crippen LogP contribution is 2.38. The largest absolute Gasteiger partial charge is 0.457 e. The van der Waals surface area contributed by atoms with Gasteiger partial charge in [0.25, 0.3) is 5.91 Å². The Morgan fingerprint density at radius 2 is 1.50 bits per heavy atom. The van der Waals surface area contributed by atoms with Gasteiger partial charge in [-0.1, -0.05) is 94.3 Å². The van der Waals surface area contributed by atoms with Crippen molar-refractivity contribution in [3.8, 4) is 11.5 Å². The van der Waals surface area contributed by atoms with E-state index >= 15 is 0 Å². The molecular weight excluding hydrogens is 600 g/mol. The SMILES string of the molecule is CCCC[C@H](C(N)=O)[C@@H](CC(C)C)C(=O)NC1CN(c2ccccc2)c2ccccc2N(Cc2cccc(Oc3ccccc3)c2)C1=O. The average molecular weight is 647 g/mol. The summed E-state index contributed by atoms with van der Waals surface area (Å²) in [6.07, 6.45) is 2.70. The van der Waals surface area contributed by atoms with Crippen LogP contribution in [0, 0.1) is 17.8 Å². The number of amides is 3. The Hall–Kier alpha value is -5.11. The molecule has 1 aliphatic heterocycles. The summed E-state index contributed by atoms with van der Waals surface area (Å²) in [7, 11) is 0. The third-order valence-electron chi connectivity index (χ3n) is 8.78. The normalized spacial score (nSPS) is 15.8. The number of hydrogen-bond donors (Lipinski definition) is 2. The summed E-state index contributed by atoms with van der Waals surface area (Å²) in [5.74, 6) is -0.760. The van der Waals surface area contributed by atoms with Crippen LogP contribution in [0.25, 0.3) is 0 Å². The molecule has 250 valence electrons. The number of ether oxygens (including phenoxy) is 1. The van der Waals surface area contributed by atoms with Crippen molar-refractivity contribution in [2.24, 2.45) is 23.5 Å². The number of nitrogens with two attached hydrogens (primary N) is 1. The second kappa shape index (κ2) is 16.1. The Labute approximate surface area is 283 Å². The van der Waals surface area contributed by atoms with Crippen molar-refractivity contribution in [2.45, 2.75) is 59.0 Å². The van der Waals surface area contributed by atoms with Crippen LogP contribution in [0.4, 0.5) is 17.1 Å². The molecule has 0 saturated heterocycles. The summed E-state index contributed by atoms with van der Waals surface area (Å²) < 4.78 is 6.10. The van der Waals surface area contributed by atoms with Crippen LogP contribution in [0.5, 0.6) is 11.5 Å². The van der Waals surface area contributed by atoms with Gasteiger partial charge in [-0.3, -0.25) is 14.4 Å². The van der Waals surface area contributed by atoms with E-state index in [1.54, 1.807) is 4.90 Å². The maximum atomic E-state index is 14.7. The molecule has 48 heavy (non-hydrogen) atoms. The third kappa shape index (κ3) is 8.42. The molecule has 0 bridgehead atoms. The molecule has 0 aliphatic carbocycles. The summed E-state index contributed by atoms with van der Waals surface area (Å²) >= 11 is 0. The van der Waals surface area contributed by atoms with E-state index in [1.165, 1.54) is 0 Å². The molecule has 0 saturated carbocycles. The van der Waals surface area contributed by atoms with Gasteiger partial charge in [0.2, 0.25) is 11.8 Å². The number of rotatable bonds is 14. The van der Waals surface area contributed by atoms with Crippen LogP contribution in [-0.4, -0.2) is 30.3 Å². The predicted octanol–water partition coefficient (Wildman–Crippen LogP) is 7.60. The molecule has 8 nitrogen and oxygen atoms in total. The molecule has 0 aromatic heterocycles. The Balaban J connectivity index is 1.52. The van der Waals surface area contributed by atoms with Gasteiger partial charge in [-0.2, -0.15) is 0 Å². The number of benzene rings is 4. The second-order valence-corrected chi connectivity index (χ2v) is 12.9.